The minimum absolute atomic E-state index is 0.0232. The highest BCUT2D eigenvalue weighted by atomic mass is 16.6. The summed E-state index contributed by atoms with van der Waals surface area (Å²) in [5, 5.41) is 2.46. The molecule has 3 aromatic rings. The number of urea groups is 1. The molecule has 4 amide bonds. The first-order chi connectivity index (χ1) is 21.4. The molecule has 13 nitrogen and oxygen atoms in total. The number of rotatable bonds is 5. The van der Waals surface area contributed by atoms with Gasteiger partial charge in [0.05, 0.1) is 16.8 Å². The standard InChI is InChI=1S/C32H32N6O7/c1-32(2,3)45-31(44)38-16-14-37(15-17-38)21-11-9-19(10-12-21)26(39)25-27(40)22-7-4-8-23(24(22)28(25)41)34-30(43)36-35-29(42)20-6-5-13-33-18-20/h4-13,18,25H,14-17H2,1-3H3,(H,35,42)(H2,34,36,43). The second-order valence-electron chi connectivity index (χ2n) is 11.5. The minimum atomic E-state index is -1.58. The number of benzene rings is 2. The Morgan fingerprint density at radius 1 is 0.844 bits per heavy atom. The lowest BCUT2D eigenvalue weighted by atomic mass is 9.93. The van der Waals surface area contributed by atoms with Crippen molar-refractivity contribution in [3.8, 4) is 0 Å². The highest BCUT2D eigenvalue weighted by Crippen LogP contribution is 2.34. The van der Waals surface area contributed by atoms with Crippen molar-refractivity contribution in [3.63, 3.8) is 0 Å². The molecule has 0 radical (unpaired) electrons. The number of hydrogen-bond acceptors (Lipinski definition) is 9. The number of carbonyl (C=O) groups excluding carboxylic acids is 6. The number of Topliss-reactive ketones (excluding diaryl/α,β-unsaturated/α-hetero) is 3. The van der Waals surface area contributed by atoms with E-state index in [1.807, 2.05) is 20.8 Å². The third-order valence-corrected chi connectivity index (χ3v) is 7.27. The van der Waals surface area contributed by atoms with Crippen molar-refractivity contribution in [3.05, 3.63) is 89.2 Å². The van der Waals surface area contributed by atoms with Crippen LogP contribution in [0, 0.1) is 5.92 Å². The molecule has 0 saturated carbocycles. The monoisotopic (exact) mass is 612 g/mol. The van der Waals surface area contributed by atoms with E-state index in [0.29, 0.717) is 26.2 Å². The van der Waals surface area contributed by atoms with Gasteiger partial charge in [-0.15, -0.1) is 0 Å². The maximum absolute atomic E-state index is 13.4. The number of amides is 4. The van der Waals surface area contributed by atoms with Gasteiger partial charge >= 0.3 is 12.1 Å². The van der Waals surface area contributed by atoms with Gasteiger partial charge < -0.3 is 19.9 Å². The lowest BCUT2D eigenvalue weighted by molar-refractivity contribution is 0.0240. The summed E-state index contributed by atoms with van der Waals surface area (Å²) in [5.41, 5.74) is 5.04. The molecule has 0 bridgehead atoms. The molecule has 232 valence electrons. The van der Waals surface area contributed by atoms with Crippen LogP contribution in [0.25, 0.3) is 0 Å². The van der Waals surface area contributed by atoms with Gasteiger partial charge in [0.25, 0.3) is 5.91 Å². The zero-order valence-electron chi connectivity index (χ0n) is 25.0. The number of carbonyl (C=O) groups is 6. The first-order valence-electron chi connectivity index (χ1n) is 14.3. The van der Waals surface area contributed by atoms with Crippen molar-refractivity contribution < 1.29 is 33.5 Å². The number of fused-ring (bicyclic) bond motifs is 1. The van der Waals surface area contributed by atoms with Crippen LogP contribution in [0.3, 0.4) is 0 Å². The molecule has 1 aromatic heterocycles. The average Bonchev–Trinajstić information content (AvgIpc) is 3.29. The smallest absolute Gasteiger partial charge is 0.410 e. The summed E-state index contributed by atoms with van der Waals surface area (Å²) < 4.78 is 5.45. The molecule has 2 aliphatic rings. The number of aromatic nitrogens is 1. The summed E-state index contributed by atoms with van der Waals surface area (Å²) in [5.74, 6) is -4.22. The van der Waals surface area contributed by atoms with E-state index in [1.165, 1.54) is 36.7 Å². The van der Waals surface area contributed by atoms with E-state index in [9.17, 15) is 28.8 Å². The maximum Gasteiger partial charge on any atom is 0.410 e. The number of anilines is 2. The van der Waals surface area contributed by atoms with E-state index < -0.39 is 40.8 Å². The summed E-state index contributed by atoms with van der Waals surface area (Å²) in [6.07, 6.45) is 2.46. The van der Waals surface area contributed by atoms with Crippen molar-refractivity contribution in [1.29, 1.82) is 0 Å². The molecule has 2 heterocycles. The fourth-order valence-electron chi connectivity index (χ4n) is 5.10. The third kappa shape index (κ3) is 6.82. The number of hydrazine groups is 1. The third-order valence-electron chi connectivity index (χ3n) is 7.27. The van der Waals surface area contributed by atoms with Crippen LogP contribution in [0.1, 0.15) is 62.2 Å². The molecule has 1 atom stereocenters. The number of nitrogens with one attached hydrogen (secondary N) is 3. The number of piperazine rings is 1. The Hall–Kier alpha value is -5.59. The minimum Gasteiger partial charge on any atom is -0.444 e. The molecule has 5 rings (SSSR count). The van der Waals surface area contributed by atoms with E-state index in [0.717, 1.165) is 5.69 Å². The molecule has 45 heavy (non-hydrogen) atoms. The van der Waals surface area contributed by atoms with Crippen LogP contribution in [0.15, 0.2) is 67.0 Å². The van der Waals surface area contributed by atoms with Gasteiger partial charge in [-0.3, -0.25) is 29.6 Å². The number of nitrogens with zero attached hydrogens (tertiary/aromatic N) is 3. The van der Waals surface area contributed by atoms with Gasteiger partial charge in [-0.05, 0) is 63.2 Å². The summed E-state index contributed by atoms with van der Waals surface area (Å²) in [6, 6.07) is 13.2. The Morgan fingerprint density at radius 2 is 1.56 bits per heavy atom. The lowest BCUT2D eigenvalue weighted by Crippen LogP contribution is -2.50. The Morgan fingerprint density at radius 3 is 2.20 bits per heavy atom. The molecule has 13 heteroatoms. The fourth-order valence-corrected chi connectivity index (χ4v) is 5.10. The van der Waals surface area contributed by atoms with E-state index in [1.54, 1.807) is 35.2 Å². The van der Waals surface area contributed by atoms with Crippen LogP contribution in [0.2, 0.25) is 0 Å². The van der Waals surface area contributed by atoms with E-state index in [4.69, 9.17) is 4.74 Å². The normalized spacial score (nSPS) is 16.1. The average molecular weight is 613 g/mol. The highest BCUT2D eigenvalue weighted by Gasteiger charge is 2.45. The van der Waals surface area contributed by atoms with Gasteiger partial charge in [0.2, 0.25) is 0 Å². The first kappa shape index (κ1) is 30.9. The molecule has 2 aromatic carbocycles. The van der Waals surface area contributed by atoms with Gasteiger partial charge in [-0.2, -0.15) is 0 Å². The molecule has 1 aliphatic heterocycles. The number of hydrogen-bond donors (Lipinski definition) is 3. The van der Waals surface area contributed by atoms with E-state index >= 15 is 0 Å². The van der Waals surface area contributed by atoms with Crippen LogP contribution in [-0.4, -0.2) is 77.0 Å². The SMILES string of the molecule is CC(C)(C)OC(=O)N1CCN(c2ccc(C(=O)C3C(=O)c4cccc(NC(=O)NNC(=O)c5cccnc5)c4C3=O)cc2)CC1. The summed E-state index contributed by atoms with van der Waals surface area (Å²) in [4.78, 5) is 84.7. The van der Waals surface area contributed by atoms with Crippen molar-refractivity contribution in [2.24, 2.45) is 5.92 Å². The van der Waals surface area contributed by atoms with Gasteiger partial charge in [0.1, 0.15) is 11.5 Å². The van der Waals surface area contributed by atoms with Crippen LogP contribution in [0.5, 0.6) is 0 Å². The number of ether oxygens (including phenoxy) is 1. The molecule has 0 spiro atoms. The molecular formula is C32H32N6O7. The maximum atomic E-state index is 13.4. The van der Waals surface area contributed by atoms with Gasteiger partial charge in [-0.1, -0.05) is 12.1 Å². The zero-order valence-corrected chi connectivity index (χ0v) is 25.0. The molecule has 3 N–H and O–H groups in total. The highest BCUT2D eigenvalue weighted by molar-refractivity contribution is 6.39. The van der Waals surface area contributed by atoms with Crippen LogP contribution in [0.4, 0.5) is 21.0 Å². The molecule has 1 aliphatic carbocycles. The summed E-state index contributed by atoms with van der Waals surface area (Å²) in [6.45, 7) is 7.54. The van der Waals surface area contributed by atoms with E-state index in [2.05, 4.69) is 26.1 Å². The van der Waals surface area contributed by atoms with Crippen molar-refractivity contribution >= 4 is 46.8 Å². The van der Waals surface area contributed by atoms with Crippen LogP contribution >= 0.6 is 0 Å². The Kier molecular flexibility index (Phi) is 8.61. The lowest BCUT2D eigenvalue weighted by Gasteiger charge is -2.36. The Bertz CT molecular complexity index is 1660. The summed E-state index contributed by atoms with van der Waals surface area (Å²) >= 11 is 0. The van der Waals surface area contributed by atoms with E-state index in [-0.39, 0.29) is 34.0 Å². The predicted octanol–water partition coefficient (Wildman–Crippen LogP) is 3.48. The van der Waals surface area contributed by atoms with Crippen LogP contribution in [-0.2, 0) is 4.74 Å². The van der Waals surface area contributed by atoms with Crippen molar-refractivity contribution in [2.45, 2.75) is 26.4 Å². The zero-order chi connectivity index (χ0) is 32.3. The molecule has 1 saturated heterocycles. The molecule has 1 unspecified atom stereocenters. The predicted molar refractivity (Wildman–Crippen MR) is 163 cm³/mol. The van der Waals surface area contributed by atoms with Gasteiger partial charge in [0.15, 0.2) is 17.3 Å². The van der Waals surface area contributed by atoms with Crippen molar-refractivity contribution in [2.75, 3.05) is 36.4 Å². The quantitative estimate of drug-likeness (QED) is 0.222. The van der Waals surface area contributed by atoms with Gasteiger partial charge in [0, 0.05) is 55.4 Å². The first-order valence-corrected chi connectivity index (χ1v) is 14.3. The Labute approximate surface area is 258 Å². The number of pyridine rings is 1. The topological polar surface area (TPSA) is 167 Å². The second kappa shape index (κ2) is 12.6. The molecular weight excluding hydrogens is 580 g/mol. The Balaban J connectivity index is 1.21. The second-order valence-corrected chi connectivity index (χ2v) is 11.5. The summed E-state index contributed by atoms with van der Waals surface area (Å²) in [7, 11) is 0. The van der Waals surface area contributed by atoms with Gasteiger partial charge in [-0.25, -0.2) is 15.0 Å². The largest absolute Gasteiger partial charge is 0.444 e. The number of ketones is 3. The van der Waals surface area contributed by atoms with Crippen molar-refractivity contribution in [1.82, 2.24) is 20.7 Å². The van der Waals surface area contributed by atoms with Crippen LogP contribution < -0.4 is 21.1 Å². The molecule has 1 fully saturated rings. The fraction of sp³-hybridized carbons (Fsp3) is 0.281.